The zero-order valence-electron chi connectivity index (χ0n) is 11.1. The van der Waals surface area contributed by atoms with Gasteiger partial charge in [0.1, 0.15) is 0 Å². The van der Waals surface area contributed by atoms with Gasteiger partial charge in [0.05, 0.1) is 5.56 Å². The van der Waals surface area contributed by atoms with Gasteiger partial charge in [0.25, 0.3) is 0 Å². The van der Waals surface area contributed by atoms with E-state index in [4.69, 9.17) is 0 Å². The van der Waals surface area contributed by atoms with Crippen molar-refractivity contribution < 1.29 is 18.0 Å². The number of aryl methyl sites for hydroxylation is 2. The van der Waals surface area contributed by atoms with Gasteiger partial charge in [-0.1, -0.05) is 35.9 Å². The lowest BCUT2D eigenvalue weighted by molar-refractivity contribution is -0.137. The molecule has 0 N–H and O–H groups in total. The van der Waals surface area contributed by atoms with Crippen molar-refractivity contribution in [3.05, 3.63) is 70.3 Å². The first-order valence-electron chi connectivity index (χ1n) is 6.08. The van der Waals surface area contributed by atoms with Crippen LogP contribution in [0.1, 0.15) is 32.6 Å². The molecule has 1 nitrogen and oxygen atoms in total. The second kappa shape index (κ2) is 5.12. The van der Waals surface area contributed by atoms with Crippen LogP contribution in [0.2, 0.25) is 0 Å². The van der Waals surface area contributed by atoms with E-state index in [1.54, 1.807) is 24.3 Å². The molecule has 4 heteroatoms. The molecule has 0 aliphatic heterocycles. The van der Waals surface area contributed by atoms with E-state index in [9.17, 15) is 18.0 Å². The van der Waals surface area contributed by atoms with Crippen LogP contribution in [0, 0.1) is 13.8 Å². The van der Waals surface area contributed by atoms with Gasteiger partial charge in [-0.3, -0.25) is 4.79 Å². The van der Waals surface area contributed by atoms with Gasteiger partial charge in [0, 0.05) is 11.1 Å². The second-order valence-corrected chi connectivity index (χ2v) is 4.72. The Morgan fingerprint density at radius 1 is 0.950 bits per heavy atom. The molecular formula is C16H13F3O. The number of halogens is 3. The van der Waals surface area contributed by atoms with Crippen molar-refractivity contribution in [3.63, 3.8) is 0 Å². The number of rotatable bonds is 2. The molecule has 0 aliphatic carbocycles. The Morgan fingerprint density at radius 3 is 2.05 bits per heavy atom. The quantitative estimate of drug-likeness (QED) is 0.736. The maximum atomic E-state index is 12.6. The predicted octanol–water partition coefficient (Wildman–Crippen LogP) is 4.55. The van der Waals surface area contributed by atoms with E-state index in [-0.39, 0.29) is 5.78 Å². The molecule has 0 aromatic heterocycles. The molecule has 0 unspecified atom stereocenters. The first-order chi connectivity index (χ1) is 9.29. The molecule has 2 aromatic rings. The van der Waals surface area contributed by atoms with E-state index in [1.807, 2.05) is 6.92 Å². The third-order valence-corrected chi connectivity index (χ3v) is 3.11. The van der Waals surface area contributed by atoms with Crippen LogP contribution in [0.15, 0.2) is 42.5 Å². The molecule has 0 bridgehead atoms. The average molecular weight is 278 g/mol. The fraction of sp³-hybridized carbons (Fsp3) is 0.188. The van der Waals surface area contributed by atoms with Gasteiger partial charge in [-0.05, 0) is 31.5 Å². The fourth-order valence-electron chi connectivity index (χ4n) is 1.96. The van der Waals surface area contributed by atoms with E-state index in [0.717, 1.165) is 17.7 Å². The Bertz CT molecular complexity index is 640. The number of alkyl halides is 3. The van der Waals surface area contributed by atoms with Crippen LogP contribution in [-0.2, 0) is 6.18 Å². The summed E-state index contributed by atoms with van der Waals surface area (Å²) in [6, 6.07) is 10.1. The molecule has 0 fully saturated rings. The van der Waals surface area contributed by atoms with Crippen LogP contribution in [0.25, 0.3) is 0 Å². The van der Waals surface area contributed by atoms with Crippen molar-refractivity contribution >= 4 is 5.78 Å². The van der Waals surface area contributed by atoms with Crippen molar-refractivity contribution in [2.45, 2.75) is 20.0 Å². The zero-order chi connectivity index (χ0) is 14.9. The molecule has 0 atom stereocenters. The molecule has 0 amide bonds. The summed E-state index contributed by atoms with van der Waals surface area (Å²) >= 11 is 0. The third kappa shape index (κ3) is 2.90. The van der Waals surface area contributed by atoms with Crippen LogP contribution in [-0.4, -0.2) is 5.78 Å². The summed E-state index contributed by atoms with van der Waals surface area (Å²) in [7, 11) is 0. The molecule has 0 saturated heterocycles. The predicted molar refractivity (Wildman–Crippen MR) is 70.8 cm³/mol. The topological polar surface area (TPSA) is 17.1 Å². The summed E-state index contributed by atoms with van der Waals surface area (Å²) in [5.41, 5.74) is 1.37. The maximum absolute atomic E-state index is 12.6. The lowest BCUT2D eigenvalue weighted by atomic mass is 9.97. The van der Waals surface area contributed by atoms with E-state index in [2.05, 4.69) is 0 Å². The van der Waals surface area contributed by atoms with Crippen LogP contribution in [0.3, 0.4) is 0 Å². The number of hydrogen-bond donors (Lipinski definition) is 0. The molecule has 0 saturated carbocycles. The van der Waals surface area contributed by atoms with Crippen molar-refractivity contribution in [2.75, 3.05) is 0 Å². The molecule has 0 aliphatic rings. The minimum Gasteiger partial charge on any atom is -0.289 e. The number of hydrogen-bond acceptors (Lipinski definition) is 1. The Morgan fingerprint density at radius 2 is 1.55 bits per heavy atom. The standard InChI is InChI=1S/C16H13F3O/c1-10-3-5-12(6-4-10)15(20)14-8-7-13(9-11(14)2)16(17,18)19/h3-9H,1-2H3. The van der Waals surface area contributed by atoms with Crippen LogP contribution in [0.5, 0.6) is 0 Å². The van der Waals surface area contributed by atoms with Crippen molar-refractivity contribution in [1.82, 2.24) is 0 Å². The van der Waals surface area contributed by atoms with E-state index in [1.165, 1.54) is 13.0 Å². The van der Waals surface area contributed by atoms with Crippen molar-refractivity contribution in [3.8, 4) is 0 Å². The molecule has 0 spiro atoms. The van der Waals surface area contributed by atoms with Gasteiger partial charge in [-0.25, -0.2) is 0 Å². The fourth-order valence-corrected chi connectivity index (χ4v) is 1.96. The number of carbonyl (C=O) groups is 1. The van der Waals surface area contributed by atoms with Crippen molar-refractivity contribution in [1.29, 1.82) is 0 Å². The second-order valence-electron chi connectivity index (χ2n) is 4.72. The highest BCUT2D eigenvalue weighted by Gasteiger charge is 2.31. The van der Waals surface area contributed by atoms with Gasteiger partial charge < -0.3 is 0 Å². The molecule has 2 rings (SSSR count). The molecule has 0 radical (unpaired) electrons. The summed E-state index contributed by atoms with van der Waals surface area (Å²) in [6.07, 6.45) is -4.39. The van der Waals surface area contributed by atoms with Crippen molar-refractivity contribution in [2.24, 2.45) is 0 Å². The number of carbonyl (C=O) groups excluding carboxylic acids is 1. The normalized spacial score (nSPS) is 11.4. The number of ketones is 1. The summed E-state index contributed by atoms with van der Waals surface area (Å²) in [5, 5.41) is 0. The highest BCUT2D eigenvalue weighted by Crippen LogP contribution is 2.30. The molecule has 20 heavy (non-hydrogen) atoms. The minimum absolute atomic E-state index is 0.267. The van der Waals surface area contributed by atoms with Gasteiger partial charge in [-0.2, -0.15) is 13.2 Å². The lowest BCUT2D eigenvalue weighted by Crippen LogP contribution is -2.09. The van der Waals surface area contributed by atoms with Crippen LogP contribution < -0.4 is 0 Å². The third-order valence-electron chi connectivity index (χ3n) is 3.11. The summed E-state index contributed by atoms with van der Waals surface area (Å²) in [4.78, 5) is 12.3. The SMILES string of the molecule is Cc1ccc(C(=O)c2ccc(C(F)(F)F)cc2C)cc1. The first kappa shape index (κ1) is 14.3. The summed E-state index contributed by atoms with van der Waals surface area (Å²) in [5.74, 6) is -0.267. The maximum Gasteiger partial charge on any atom is 0.416 e. The summed E-state index contributed by atoms with van der Waals surface area (Å²) in [6.45, 7) is 3.41. The Kier molecular flexibility index (Phi) is 3.66. The molecular weight excluding hydrogens is 265 g/mol. The lowest BCUT2D eigenvalue weighted by Gasteiger charge is -2.10. The zero-order valence-corrected chi connectivity index (χ0v) is 11.1. The Hall–Kier alpha value is -2.10. The Labute approximate surface area is 115 Å². The highest BCUT2D eigenvalue weighted by molar-refractivity contribution is 6.09. The van der Waals surface area contributed by atoms with Gasteiger partial charge >= 0.3 is 6.18 Å². The van der Waals surface area contributed by atoms with E-state index < -0.39 is 11.7 Å². The summed E-state index contributed by atoms with van der Waals surface area (Å²) < 4.78 is 37.7. The average Bonchev–Trinajstić information content (AvgIpc) is 2.37. The first-order valence-corrected chi connectivity index (χ1v) is 6.08. The number of benzene rings is 2. The van der Waals surface area contributed by atoms with E-state index >= 15 is 0 Å². The highest BCUT2D eigenvalue weighted by atomic mass is 19.4. The molecule has 0 heterocycles. The minimum atomic E-state index is -4.39. The van der Waals surface area contributed by atoms with Gasteiger partial charge in [-0.15, -0.1) is 0 Å². The Balaban J connectivity index is 2.38. The van der Waals surface area contributed by atoms with E-state index in [0.29, 0.717) is 16.7 Å². The van der Waals surface area contributed by atoms with Crippen LogP contribution >= 0.6 is 0 Å². The molecule has 2 aromatic carbocycles. The largest absolute Gasteiger partial charge is 0.416 e. The molecule has 104 valence electrons. The smallest absolute Gasteiger partial charge is 0.289 e. The van der Waals surface area contributed by atoms with Crippen LogP contribution in [0.4, 0.5) is 13.2 Å². The van der Waals surface area contributed by atoms with Gasteiger partial charge in [0.15, 0.2) is 5.78 Å². The monoisotopic (exact) mass is 278 g/mol. The van der Waals surface area contributed by atoms with Gasteiger partial charge in [0.2, 0.25) is 0 Å².